The molecule has 1 heterocycles. The first-order valence-electron chi connectivity index (χ1n) is 5.60. The van der Waals surface area contributed by atoms with Gasteiger partial charge in [0.25, 0.3) is 0 Å². The van der Waals surface area contributed by atoms with E-state index in [1.165, 1.54) is 15.6 Å². The number of carbonyl (C=O) groups is 1. The molecule has 0 aliphatic heterocycles. The van der Waals surface area contributed by atoms with Crippen molar-refractivity contribution in [2.75, 3.05) is 0 Å². The molecule has 90 valence electrons. The standard InChI is InChI=1S/C14H16O2S/c1-9-4-5-11-10(8-17-12(11)6-9)7-14(2,3)13(15)16/h4-6,8H,7H2,1-3H3,(H,15,16). The summed E-state index contributed by atoms with van der Waals surface area (Å²) in [5.74, 6) is -0.746. The predicted octanol–water partition coefficient (Wildman–Crippen LogP) is 3.86. The van der Waals surface area contributed by atoms with Crippen LogP contribution in [0, 0.1) is 12.3 Å². The highest BCUT2D eigenvalue weighted by atomic mass is 32.1. The van der Waals surface area contributed by atoms with Crippen molar-refractivity contribution in [3.63, 3.8) is 0 Å². The molecule has 1 N–H and O–H groups in total. The van der Waals surface area contributed by atoms with Crippen LogP contribution in [0.1, 0.15) is 25.0 Å². The monoisotopic (exact) mass is 248 g/mol. The highest BCUT2D eigenvalue weighted by Crippen LogP contribution is 2.32. The summed E-state index contributed by atoms with van der Waals surface area (Å²) in [5, 5.41) is 12.4. The summed E-state index contributed by atoms with van der Waals surface area (Å²) in [6.07, 6.45) is 0.575. The second-order valence-corrected chi connectivity index (χ2v) is 6.04. The first-order valence-corrected chi connectivity index (χ1v) is 6.48. The molecule has 17 heavy (non-hydrogen) atoms. The van der Waals surface area contributed by atoms with Gasteiger partial charge in [-0.25, -0.2) is 0 Å². The number of thiophene rings is 1. The normalized spacial score (nSPS) is 11.9. The van der Waals surface area contributed by atoms with Gasteiger partial charge < -0.3 is 5.11 Å². The Balaban J connectivity index is 2.41. The Kier molecular flexibility index (Phi) is 2.96. The van der Waals surface area contributed by atoms with E-state index in [1.54, 1.807) is 25.2 Å². The summed E-state index contributed by atoms with van der Waals surface area (Å²) in [7, 11) is 0. The molecule has 2 rings (SSSR count). The fourth-order valence-electron chi connectivity index (χ4n) is 1.88. The maximum atomic E-state index is 11.1. The maximum absolute atomic E-state index is 11.1. The van der Waals surface area contributed by atoms with Gasteiger partial charge in [0.05, 0.1) is 5.41 Å². The molecule has 0 spiro atoms. The van der Waals surface area contributed by atoms with Crippen molar-refractivity contribution >= 4 is 27.4 Å². The van der Waals surface area contributed by atoms with Gasteiger partial charge in [0, 0.05) is 4.70 Å². The van der Waals surface area contributed by atoms with Gasteiger partial charge in [-0.05, 0) is 55.2 Å². The number of rotatable bonds is 3. The summed E-state index contributed by atoms with van der Waals surface area (Å²) in [4.78, 5) is 11.1. The molecule has 1 aromatic carbocycles. The first kappa shape index (κ1) is 12.1. The maximum Gasteiger partial charge on any atom is 0.309 e. The van der Waals surface area contributed by atoms with Gasteiger partial charge >= 0.3 is 5.97 Å². The quantitative estimate of drug-likeness (QED) is 0.895. The van der Waals surface area contributed by atoms with Crippen LogP contribution in [0.25, 0.3) is 10.1 Å². The zero-order valence-corrected chi connectivity index (χ0v) is 11.1. The van der Waals surface area contributed by atoms with E-state index in [2.05, 4.69) is 30.5 Å². The van der Waals surface area contributed by atoms with Crippen LogP contribution in [0.5, 0.6) is 0 Å². The SMILES string of the molecule is Cc1ccc2c(CC(C)(C)C(=O)O)csc2c1. The van der Waals surface area contributed by atoms with E-state index in [4.69, 9.17) is 5.11 Å². The van der Waals surface area contributed by atoms with Crippen LogP contribution in [0.3, 0.4) is 0 Å². The molecule has 0 bridgehead atoms. The molecule has 0 aliphatic rings. The largest absolute Gasteiger partial charge is 0.481 e. The smallest absolute Gasteiger partial charge is 0.309 e. The molecule has 2 aromatic rings. The summed E-state index contributed by atoms with van der Waals surface area (Å²) >= 11 is 1.69. The van der Waals surface area contributed by atoms with Crippen molar-refractivity contribution in [3.8, 4) is 0 Å². The van der Waals surface area contributed by atoms with Crippen molar-refractivity contribution in [1.82, 2.24) is 0 Å². The van der Waals surface area contributed by atoms with Gasteiger partial charge in [-0.3, -0.25) is 4.79 Å². The number of benzene rings is 1. The number of hydrogen-bond acceptors (Lipinski definition) is 2. The number of carboxylic acids is 1. The molecule has 0 fully saturated rings. The van der Waals surface area contributed by atoms with E-state index in [0.717, 1.165) is 5.56 Å². The molecule has 1 aromatic heterocycles. The molecule has 0 saturated heterocycles. The van der Waals surface area contributed by atoms with E-state index in [-0.39, 0.29) is 0 Å². The van der Waals surface area contributed by atoms with Crippen molar-refractivity contribution in [2.24, 2.45) is 5.41 Å². The van der Waals surface area contributed by atoms with Gasteiger partial charge in [-0.1, -0.05) is 12.1 Å². The zero-order chi connectivity index (χ0) is 12.6. The molecule has 0 unspecified atom stereocenters. The van der Waals surface area contributed by atoms with Crippen LogP contribution in [0.2, 0.25) is 0 Å². The van der Waals surface area contributed by atoms with Gasteiger partial charge in [0.2, 0.25) is 0 Å². The van der Waals surface area contributed by atoms with E-state index in [0.29, 0.717) is 6.42 Å². The van der Waals surface area contributed by atoms with Gasteiger partial charge in [-0.15, -0.1) is 11.3 Å². The first-order chi connectivity index (χ1) is 7.90. The lowest BCUT2D eigenvalue weighted by molar-refractivity contribution is -0.146. The minimum atomic E-state index is -0.746. The van der Waals surface area contributed by atoms with Crippen LogP contribution in [-0.2, 0) is 11.2 Å². The predicted molar refractivity (Wildman–Crippen MR) is 71.7 cm³/mol. The Morgan fingerprint density at radius 3 is 2.76 bits per heavy atom. The lowest BCUT2D eigenvalue weighted by Gasteiger charge is -2.18. The Bertz CT molecular complexity index is 567. The summed E-state index contributed by atoms with van der Waals surface area (Å²) in [5.41, 5.74) is 1.67. The topological polar surface area (TPSA) is 37.3 Å². The third-order valence-corrected chi connectivity index (χ3v) is 4.02. The lowest BCUT2D eigenvalue weighted by Crippen LogP contribution is -2.25. The fourth-order valence-corrected chi connectivity index (χ4v) is 2.94. The molecular weight excluding hydrogens is 232 g/mol. The Morgan fingerprint density at radius 1 is 1.41 bits per heavy atom. The molecule has 0 saturated carbocycles. The summed E-state index contributed by atoms with van der Waals surface area (Å²) in [6, 6.07) is 6.32. The molecule has 0 radical (unpaired) electrons. The van der Waals surface area contributed by atoms with Crippen molar-refractivity contribution in [2.45, 2.75) is 27.2 Å². The molecule has 3 heteroatoms. The van der Waals surface area contributed by atoms with Crippen LogP contribution in [0.4, 0.5) is 0 Å². The molecule has 0 amide bonds. The molecule has 0 aliphatic carbocycles. The second-order valence-electron chi connectivity index (χ2n) is 5.13. The zero-order valence-electron chi connectivity index (χ0n) is 10.3. The average Bonchev–Trinajstić information content (AvgIpc) is 2.60. The number of fused-ring (bicyclic) bond motifs is 1. The molecule has 2 nitrogen and oxygen atoms in total. The summed E-state index contributed by atoms with van der Waals surface area (Å²) < 4.78 is 1.24. The summed E-state index contributed by atoms with van der Waals surface area (Å²) in [6.45, 7) is 5.61. The van der Waals surface area contributed by atoms with Crippen LogP contribution in [0.15, 0.2) is 23.6 Å². The van der Waals surface area contributed by atoms with E-state index < -0.39 is 11.4 Å². The lowest BCUT2D eigenvalue weighted by atomic mass is 9.86. The number of aliphatic carboxylic acids is 1. The Labute approximate surface area is 105 Å². The van der Waals surface area contributed by atoms with E-state index in [1.807, 2.05) is 0 Å². The molecule has 0 atom stereocenters. The third-order valence-electron chi connectivity index (χ3n) is 3.02. The second kappa shape index (κ2) is 4.15. The van der Waals surface area contributed by atoms with Gasteiger partial charge in [0.15, 0.2) is 0 Å². The van der Waals surface area contributed by atoms with Crippen LogP contribution < -0.4 is 0 Å². The number of hydrogen-bond donors (Lipinski definition) is 1. The average molecular weight is 248 g/mol. The van der Waals surface area contributed by atoms with Crippen LogP contribution >= 0.6 is 11.3 Å². The van der Waals surface area contributed by atoms with Crippen molar-refractivity contribution in [1.29, 1.82) is 0 Å². The Morgan fingerprint density at radius 2 is 2.12 bits per heavy atom. The van der Waals surface area contributed by atoms with E-state index >= 15 is 0 Å². The van der Waals surface area contributed by atoms with Crippen molar-refractivity contribution < 1.29 is 9.90 Å². The van der Waals surface area contributed by atoms with Crippen LogP contribution in [-0.4, -0.2) is 11.1 Å². The van der Waals surface area contributed by atoms with E-state index in [9.17, 15) is 4.79 Å². The highest BCUT2D eigenvalue weighted by Gasteiger charge is 2.28. The number of carboxylic acid groups (broad SMARTS) is 1. The van der Waals surface area contributed by atoms with Crippen molar-refractivity contribution in [3.05, 3.63) is 34.7 Å². The van der Waals surface area contributed by atoms with Gasteiger partial charge in [0.1, 0.15) is 0 Å². The fraction of sp³-hybridized carbons (Fsp3) is 0.357. The van der Waals surface area contributed by atoms with Gasteiger partial charge in [-0.2, -0.15) is 0 Å². The highest BCUT2D eigenvalue weighted by molar-refractivity contribution is 7.17. The minimum Gasteiger partial charge on any atom is -0.481 e. The molecular formula is C14H16O2S. The minimum absolute atomic E-state index is 0.575. The Hall–Kier alpha value is -1.35. The third kappa shape index (κ3) is 2.34. The number of aryl methyl sites for hydroxylation is 1.